The van der Waals surface area contributed by atoms with Gasteiger partial charge >= 0.3 is 0 Å². The highest BCUT2D eigenvalue weighted by atomic mass is 16.2. The number of carbonyl (C=O) groups is 1. The van der Waals surface area contributed by atoms with Crippen LogP contribution in [0.2, 0.25) is 0 Å². The Kier molecular flexibility index (Phi) is 3.65. The van der Waals surface area contributed by atoms with E-state index in [2.05, 4.69) is 5.10 Å². The highest BCUT2D eigenvalue weighted by molar-refractivity contribution is 5.97. The fraction of sp³-hybridized carbons (Fsp3) is 0.136. The SMILES string of the molecule is CN1Cc2c(n(Cc3ccccc3)c3cc(-c4ccccc4)nn3c2=O)C1=O. The fourth-order valence-corrected chi connectivity index (χ4v) is 3.77. The Hall–Kier alpha value is -3.67. The van der Waals surface area contributed by atoms with Crippen LogP contribution in [0, 0.1) is 0 Å². The predicted molar refractivity (Wildman–Crippen MR) is 106 cm³/mol. The van der Waals surface area contributed by atoms with E-state index in [1.54, 1.807) is 11.9 Å². The number of amides is 1. The molecule has 6 nitrogen and oxygen atoms in total. The molecule has 0 saturated heterocycles. The highest BCUT2D eigenvalue weighted by Crippen LogP contribution is 2.25. The Morgan fingerprint density at radius 1 is 0.964 bits per heavy atom. The van der Waals surface area contributed by atoms with Crippen LogP contribution in [0.1, 0.15) is 21.6 Å². The average Bonchev–Trinajstić information content (AvgIpc) is 3.30. The zero-order chi connectivity index (χ0) is 19.3. The molecule has 0 unspecified atom stereocenters. The van der Waals surface area contributed by atoms with E-state index < -0.39 is 0 Å². The zero-order valence-corrected chi connectivity index (χ0v) is 15.4. The lowest BCUT2D eigenvalue weighted by Crippen LogP contribution is -2.26. The van der Waals surface area contributed by atoms with Crippen LogP contribution in [0.15, 0.2) is 71.5 Å². The number of rotatable bonds is 3. The Balaban J connectivity index is 1.80. The molecule has 0 saturated carbocycles. The van der Waals surface area contributed by atoms with Crippen LogP contribution in [0.25, 0.3) is 16.9 Å². The summed E-state index contributed by atoms with van der Waals surface area (Å²) in [6, 6.07) is 21.5. The molecule has 0 N–H and O–H groups in total. The second kappa shape index (κ2) is 6.20. The summed E-state index contributed by atoms with van der Waals surface area (Å²) in [4.78, 5) is 27.5. The van der Waals surface area contributed by atoms with Crippen molar-refractivity contribution in [3.05, 3.63) is 93.9 Å². The van der Waals surface area contributed by atoms with Crippen molar-refractivity contribution in [1.29, 1.82) is 0 Å². The van der Waals surface area contributed by atoms with Crippen LogP contribution in [0.3, 0.4) is 0 Å². The number of benzene rings is 2. The lowest BCUT2D eigenvalue weighted by Gasteiger charge is -2.14. The van der Waals surface area contributed by atoms with Crippen LogP contribution in [0.4, 0.5) is 0 Å². The number of hydrogen-bond acceptors (Lipinski definition) is 3. The molecule has 1 aliphatic rings. The fourth-order valence-electron chi connectivity index (χ4n) is 3.77. The van der Waals surface area contributed by atoms with Gasteiger partial charge in [0.2, 0.25) is 0 Å². The third kappa shape index (κ3) is 2.45. The number of hydrogen-bond donors (Lipinski definition) is 0. The van der Waals surface area contributed by atoms with E-state index in [4.69, 9.17) is 0 Å². The molecule has 2 aromatic carbocycles. The first kappa shape index (κ1) is 16.5. The monoisotopic (exact) mass is 370 g/mol. The summed E-state index contributed by atoms with van der Waals surface area (Å²) in [5.74, 6) is -0.131. The van der Waals surface area contributed by atoms with Gasteiger partial charge in [-0.05, 0) is 5.56 Å². The van der Waals surface area contributed by atoms with E-state index in [0.717, 1.165) is 11.1 Å². The molecule has 4 aromatic rings. The molecular weight excluding hydrogens is 352 g/mol. The Morgan fingerprint density at radius 3 is 2.36 bits per heavy atom. The summed E-state index contributed by atoms with van der Waals surface area (Å²) in [7, 11) is 1.72. The molecule has 0 spiro atoms. The van der Waals surface area contributed by atoms with Crippen LogP contribution in [0.5, 0.6) is 0 Å². The predicted octanol–water partition coefficient (Wildman–Crippen LogP) is 2.80. The van der Waals surface area contributed by atoms with Gasteiger partial charge in [-0.25, -0.2) is 0 Å². The van der Waals surface area contributed by atoms with Crippen molar-refractivity contribution in [2.75, 3.05) is 7.05 Å². The number of fused-ring (bicyclic) bond motifs is 2. The molecule has 0 aliphatic carbocycles. The van der Waals surface area contributed by atoms with E-state index in [-0.39, 0.29) is 11.5 Å². The van der Waals surface area contributed by atoms with Crippen LogP contribution >= 0.6 is 0 Å². The lowest BCUT2D eigenvalue weighted by molar-refractivity contribution is 0.0808. The summed E-state index contributed by atoms with van der Waals surface area (Å²) in [5.41, 5.74) is 4.05. The summed E-state index contributed by atoms with van der Waals surface area (Å²) < 4.78 is 3.34. The molecule has 0 atom stereocenters. The Bertz CT molecular complexity index is 1260. The maximum Gasteiger partial charge on any atom is 0.280 e. The smallest absolute Gasteiger partial charge is 0.280 e. The molecule has 0 fully saturated rings. The summed E-state index contributed by atoms with van der Waals surface area (Å²) in [6.07, 6.45) is 0. The summed E-state index contributed by atoms with van der Waals surface area (Å²) in [6.45, 7) is 0.796. The third-order valence-corrected chi connectivity index (χ3v) is 5.17. The number of nitrogens with zero attached hydrogens (tertiary/aromatic N) is 4. The van der Waals surface area contributed by atoms with Crippen LogP contribution in [-0.2, 0) is 13.1 Å². The number of carbonyl (C=O) groups excluding carboxylic acids is 1. The first-order valence-corrected chi connectivity index (χ1v) is 9.14. The van der Waals surface area contributed by atoms with E-state index in [1.165, 1.54) is 4.52 Å². The standard InChI is InChI=1S/C22H18N4O2/c1-24-14-17-20(22(24)28)25(13-15-8-4-2-5-9-15)19-12-18(23-26(19)21(17)27)16-10-6-3-7-11-16/h2-12H,13-14H2,1H3. The maximum atomic E-state index is 13.1. The molecule has 138 valence electrons. The van der Waals surface area contributed by atoms with Gasteiger partial charge in [-0.2, -0.15) is 9.61 Å². The normalized spacial score (nSPS) is 13.3. The van der Waals surface area contributed by atoms with Gasteiger partial charge in [0.1, 0.15) is 11.3 Å². The van der Waals surface area contributed by atoms with Crippen molar-refractivity contribution in [2.24, 2.45) is 0 Å². The topological polar surface area (TPSA) is 59.6 Å². The van der Waals surface area contributed by atoms with Gasteiger partial charge in [0.05, 0.1) is 17.8 Å². The quantitative estimate of drug-likeness (QED) is 0.557. The van der Waals surface area contributed by atoms with E-state index >= 15 is 0 Å². The van der Waals surface area contributed by atoms with Crippen molar-refractivity contribution in [1.82, 2.24) is 19.1 Å². The third-order valence-electron chi connectivity index (χ3n) is 5.17. The minimum atomic E-state index is -0.228. The van der Waals surface area contributed by atoms with Crippen molar-refractivity contribution < 1.29 is 4.79 Å². The van der Waals surface area contributed by atoms with Gasteiger partial charge in [0.25, 0.3) is 11.5 Å². The molecule has 2 aromatic heterocycles. The summed E-state index contributed by atoms with van der Waals surface area (Å²) >= 11 is 0. The van der Waals surface area contributed by atoms with Gasteiger partial charge < -0.3 is 9.47 Å². The molecule has 1 aliphatic heterocycles. The summed E-state index contributed by atoms with van der Waals surface area (Å²) in [5, 5.41) is 4.57. The van der Waals surface area contributed by atoms with Gasteiger partial charge in [-0.3, -0.25) is 9.59 Å². The molecule has 0 radical (unpaired) electrons. The Morgan fingerprint density at radius 2 is 1.64 bits per heavy atom. The highest BCUT2D eigenvalue weighted by Gasteiger charge is 2.32. The Labute approximate surface area is 161 Å². The molecule has 3 heterocycles. The van der Waals surface area contributed by atoms with Crippen LogP contribution in [-0.4, -0.2) is 32.0 Å². The molecule has 1 amide bonds. The second-order valence-corrected chi connectivity index (χ2v) is 7.03. The van der Waals surface area contributed by atoms with E-state index in [1.807, 2.05) is 71.3 Å². The maximum absolute atomic E-state index is 13.1. The van der Waals surface area contributed by atoms with Crippen LogP contribution < -0.4 is 5.56 Å². The van der Waals surface area contributed by atoms with Crippen molar-refractivity contribution in [2.45, 2.75) is 13.1 Å². The second-order valence-electron chi connectivity index (χ2n) is 7.03. The van der Waals surface area contributed by atoms with Gasteiger partial charge in [0.15, 0.2) is 0 Å². The zero-order valence-electron chi connectivity index (χ0n) is 15.4. The molecule has 0 bridgehead atoms. The number of aromatic nitrogens is 3. The van der Waals surface area contributed by atoms with E-state index in [0.29, 0.717) is 35.7 Å². The van der Waals surface area contributed by atoms with Crippen molar-refractivity contribution in [3.63, 3.8) is 0 Å². The van der Waals surface area contributed by atoms with Gasteiger partial charge in [0, 0.05) is 25.2 Å². The average molecular weight is 370 g/mol. The van der Waals surface area contributed by atoms with Crippen molar-refractivity contribution in [3.8, 4) is 11.3 Å². The molecule has 28 heavy (non-hydrogen) atoms. The largest absolute Gasteiger partial charge is 0.336 e. The minimum absolute atomic E-state index is 0.131. The van der Waals surface area contributed by atoms with Gasteiger partial charge in [-0.15, -0.1) is 0 Å². The van der Waals surface area contributed by atoms with Crippen molar-refractivity contribution >= 4 is 11.6 Å². The first-order valence-electron chi connectivity index (χ1n) is 9.14. The minimum Gasteiger partial charge on any atom is -0.336 e. The lowest BCUT2D eigenvalue weighted by atomic mass is 10.1. The molecule has 5 rings (SSSR count). The van der Waals surface area contributed by atoms with E-state index in [9.17, 15) is 9.59 Å². The first-order chi connectivity index (χ1) is 13.6. The van der Waals surface area contributed by atoms with Gasteiger partial charge in [-0.1, -0.05) is 60.7 Å². The molecule has 6 heteroatoms. The molecular formula is C22H18N4O2.